The summed E-state index contributed by atoms with van der Waals surface area (Å²) in [5.74, 6) is -0.126. The van der Waals surface area contributed by atoms with E-state index >= 15 is 0 Å². The molecule has 0 spiro atoms. The smallest absolute Gasteiger partial charge is 0.264 e. The SMILES string of the molecule is O=C(N[C@@H]1CCN(c2ccc(Cl)cc2Cl)C1)c1cnns1. The molecule has 1 fully saturated rings. The van der Waals surface area contributed by atoms with Gasteiger partial charge in [-0.25, -0.2) is 0 Å². The molecule has 1 aliphatic heterocycles. The van der Waals surface area contributed by atoms with Crippen LogP contribution in [0.5, 0.6) is 0 Å². The topological polar surface area (TPSA) is 58.1 Å². The second-order valence-electron chi connectivity index (χ2n) is 4.78. The highest BCUT2D eigenvalue weighted by Gasteiger charge is 2.26. The number of carbonyl (C=O) groups excluding carboxylic acids is 1. The number of anilines is 1. The lowest BCUT2D eigenvalue weighted by Gasteiger charge is -2.20. The molecule has 21 heavy (non-hydrogen) atoms. The molecular weight excluding hydrogens is 331 g/mol. The zero-order chi connectivity index (χ0) is 14.8. The van der Waals surface area contributed by atoms with Crippen molar-refractivity contribution in [1.29, 1.82) is 0 Å². The van der Waals surface area contributed by atoms with Crippen molar-refractivity contribution in [3.63, 3.8) is 0 Å². The summed E-state index contributed by atoms with van der Waals surface area (Å²) < 4.78 is 3.69. The third kappa shape index (κ3) is 3.28. The Morgan fingerprint density at radius 2 is 2.29 bits per heavy atom. The molecule has 0 saturated carbocycles. The van der Waals surface area contributed by atoms with Crippen LogP contribution in [-0.4, -0.2) is 34.6 Å². The summed E-state index contributed by atoms with van der Waals surface area (Å²) in [6.45, 7) is 1.56. The van der Waals surface area contributed by atoms with Crippen LogP contribution in [0.15, 0.2) is 24.4 Å². The van der Waals surface area contributed by atoms with Gasteiger partial charge in [-0.2, -0.15) is 0 Å². The largest absolute Gasteiger partial charge is 0.368 e. The fourth-order valence-electron chi connectivity index (χ4n) is 2.36. The van der Waals surface area contributed by atoms with E-state index in [2.05, 4.69) is 19.8 Å². The van der Waals surface area contributed by atoms with Gasteiger partial charge in [0, 0.05) is 24.2 Å². The standard InChI is InChI=1S/C13H12Cl2N4OS/c14-8-1-2-11(10(15)5-8)19-4-3-9(7-19)17-13(20)12-6-16-18-21-12/h1-2,5-6,9H,3-4,7H2,(H,17,20)/t9-/m1/s1. The van der Waals surface area contributed by atoms with E-state index in [1.807, 2.05) is 12.1 Å². The van der Waals surface area contributed by atoms with Gasteiger partial charge in [0.15, 0.2) is 0 Å². The zero-order valence-electron chi connectivity index (χ0n) is 10.9. The highest BCUT2D eigenvalue weighted by Crippen LogP contribution is 2.31. The number of halogens is 2. The number of benzene rings is 1. The van der Waals surface area contributed by atoms with E-state index < -0.39 is 0 Å². The molecule has 1 N–H and O–H groups in total. The zero-order valence-corrected chi connectivity index (χ0v) is 13.3. The molecule has 5 nitrogen and oxygen atoms in total. The van der Waals surface area contributed by atoms with Gasteiger partial charge >= 0.3 is 0 Å². The molecule has 0 bridgehead atoms. The number of hydrogen-bond acceptors (Lipinski definition) is 5. The van der Waals surface area contributed by atoms with E-state index in [0.29, 0.717) is 14.9 Å². The van der Waals surface area contributed by atoms with Crippen molar-refractivity contribution in [3.8, 4) is 0 Å². The fourth-order valence-corrected chi connectivity index (χ4v) is 3.30. The van der Waals surface area contributed by atoms with Gasteiger partial charge in [0.1, 0.15) is 4.88 Å². The Kier molecular flexibility index (Phi) is 4.28. The molecule has 2 heterocycles. The molecule has 1 aliphatic rings. The molecule has 1 atom stereocenters. The van der Waals surface area contributed by atoms with Gasteiger partial charge in [-0.15, -0.1) is 5.10 Å². The molecule has 0 radical (unpaired) electrons. The van der Waals surface area contributed by atoms with E-state index in [1.54, 1.807) is 6.07 Å². The summed E-state index contributed by atoms with van der Waals surface area (Å²) in [5, 5.41) is 7.90. The molecule has 1 amide bonds. The van der Waals surface area contributed by atoms with E-state index in [0.717, 1.165) is 36.7 Å². The molecular formula is C13H12Cl2N4OS. The average Bonchev–Trinajstić information content (AvgIpc) is 3.09. The first kappa shape index (κ1) is 14.6. The predicted molar refractivity (Wildman–Crippen MR) is 84.5 cm³/mol. The lowest BCUT2D eigenvalue weighted by Crippen LogP contribution is -2.36. The lowest BCUT2D eigenvalue weighted by molar-refractivity contribution is 0.0944. The average molecular weight is 343 g/mol. The minimum Gasteiger partial charge on any atom is -0.368 e. The van der Waals surface area contributed by atoms with E-state index in [1.165, 1.54) is 6.20 Å². The van der Waals surface area contributed by atoms with Crippen LogP contribution >= 0.6 is 34.7 Å². The fraction of sp³-hybridized carbons (Fsp3) is 0.308. The van der Waals surface area contributed by atoms with Crippen molar-refractivity contribution in [2.24, 2.45) is 0 Å². The highest BCUT2D eigenvalue weighted by molar-refractivity contribution is 7.07. The van der Waals surface area contributed by atoms with Crippen molar-refractivity contribution in [2.75, 3.05) is 18.0 Å². The van der Waals surface area contributed by atoms with E-state index in [4.69, 9.17) is 23.2 Å². The molecule has 3 rings (SSSR count). The van der Waals surface area contributed by atoms with Crippen LogP contribution in [0.3, 0.4) is 0 Å². The van der Waals surface area contributed by atoms with Gasteiger partial charge in [-0.1, -0.05) is 27.7 Å². The summed E-state index contributed by atoms with van der Waals surface area (Å²) in [5.41, 5.74) is 0.942. The summed E-state index contributed by atoms with van der Waals surface area (Å²) in [6.07, 6.45) is 2.35. The summed E-state index contributed by atoms with van der Waals surface area (Å²) >= 11 is 13.2. The third-order valence-electron chi connectivity index (χ3n) is 3.36. The number of hydrogen-bond donors (Lipinski definition) is 1. The summed E-state index contributed by atoms with van der Waals surface area (Å²) in [7, 11) is 0. The number of aromatic nitrogens is 2. The second-order valence-corrected chi connectivity index (χ2v) is 6.41. The minimum atomic E-state index is -0.126. The maximum Gasteiger partial charge on any atom is 0.264 e. The van der Waals surface area contributed by atoms with Crippen LogP contribution in [0.1, 0.15) is 16.1 Å². The van der Waals surface area contributed by atoms with Gasteiger partial charge in [0.25, 0.3) is 5.91 Å². The van der Waals surface area contributed by atoms with Crippen LogP contribution in [0, 0.1) is 0 Å². The van der Waals surface area contributed by atoms with Gasteiger partial charge in [-0.05, 0) is 36.2 Å². The highest BCUT2D eigenvalue weighted by atomic mass is 35.5. The van der Waals surface area contributed by atoms with E-state index in [9.17, 15) is 4.79 Å². The first-order valence-electron chi connectivity index (χ1n) is 6.41. The van der Waals surface area contributed by atoms with Gasteiger partial charge in [0.2, 0.25) is 0 Å². The third-order valence-corrected chi connectivity index (χ3v) is 4.56. The van der Waals surface area contributed by atoms with Gasteiger partial charge in [-0.3, -0.25) is 4.79 Å². The van der Waals surface area contributed by atoms with Gasteiger partial charge < -0.3 is 10.2 Å². The number of nitrogens with zero attached hydrogens (tertiary/aromatic N) is 3. The maximum atomic E-state index is 12.0. The molecule has 110 valence electrons. The first-order chi connectivity index (χ1) is 10.1. The Morgan fingerprint density at radius 3 is 3.00 bits per heavy atom. The Balaban J connectivity index is 1.64. The van der Waals surface area contributed by atoms with Crippen LogP contribution < -0.4 is 10.2 Å². The Morgan fingerprint density at radius 1 is 1.43 bits per heavy atom. The molecule has 1 saturated heterocycles. The lowest BCUT2D eigenvalue weighted by atomic mass is 10.2. The first-order valence-corrected chi connectivity index (χ1v) is 7.94. The number of carbonyl (C=O) groups is 1. The summed E-state index contributed by atoms with van der Waals surface area (Å²) in [6, 6.07) is 5.54. The number of nitrogens with one attached hydrogen (secondary N) is 1. The van der Waals surface area contributed by atoms with Crippen LogP contribution in [0.2, 0.25) is 10.0 Å². The normalized spacial score (nSPS) is 18.0. The Bertz CT molecular complexity index is 650. The van der Waals surface area contributed by atoms with Crippen LogP contribution in [0.25, 0.3) is 0 Å². The molecule has 2 aromatic rings. The van der Waals surface area contributed by atoms with Crippen molar-refractivity contribution in [3.05, 3.63) is 39.3 Å². The summed E-state index contributed by atoms with van der Waals surface area (Å²) in [4.78, 5) is 14.6. The molecule has 0 aliphatic carbocycles. The Hall–Kier alpha value is -1.37. The molecule has 0 unspecified atom stereocenters. The van der Waals surface area contributed by atoms with E-state index in [-0.39, 0.29) is 11.9 Å². The van der Waals surface area contributed by atoms with Crippen molar-refractivity contribution >= 4 is 46.3 Å². The monoisotopic (exact) mass is 342 g/mol. The quantitative estimate of drug-likeness (QED) is 0.931. The van der Waals surface area contributed by atoms with Crippen LogP contribution in [0.4, 0.5) is 5.69 Å². The van der Waals surface area contributed by atoms with Gasteiger partial charge in [0.05, 0.1) is 16.9 Å². The number of amides is 1. The molecule has 1 aromatic heterocycles. The predicted octanol–water partition coefficient (Wildman–Crippen LogP) is 2.85. The minimum absolute atomic E-state index is 0.0892. The molecule has 1 aromatic carbocycles. The van der Waals surface area contributed by atoms with Crippen molar-refractivity contribution < 1.29 is 4.79 Å². The molecule has 8 heteroatoms. The van der Waals surface area contributed by atoms with Crippen molar-refractivity contribution in [2.45, 2.75) is 12.5 Å². The van der Waals surface area contributed by atoms with Crippen molar-refractivity contribution in [1.82, 2.24) is 14.9 Å². The maximum absolute atomic E-state index is 12.0. The van der Waals surface area contributed by atoms with Crippen LogP contribution in [-0.2, 0) is 0 Å². The second kappa shape index (κ2) is 6.17. The Labute approximate surface area is 136 Å². The number of rotatable bonds is 3.